The van der Waals surface area contributed by atoms with Gasteiger partial charge in [-0.25, -0.2) is 0 Å². The van der Waals surface area contributed by atoms with E-state index >= 15 is 0 Å². The normalized spacial score (nSPS) is 15.1. The lowest BCUT2D eigenvalue weighted by Crippen LogP contribution is -2.38. The lowest BCUT2D eigenvalue weighted by molar-refractivity contribution is -0.136. The monoisotopic (exact) mass is 387 g/mol. The van der Waals surface area contributed by atoms with E-state index in [-0.39, 0.29) is 11.9 Å². The molecule has 0 aromatic heterocycles. The van der Waals surface area contributed by atoms with Crippen molar-refractivity contribution in [3.63, 3.8) is 0 Å². The molecule has 6 nitrogen and oxygen atoms in total. The lowest BCUT2D eigenvalue weighted by atomic mass is 9.99. The molecular formula is C22H33N3O3. The Morgan fingerprint density at radius 2 is 1.79 bits per heavy atom. The average Bonchev–Trinajstić information content (AvgIpc) is 3.21. The van der Waals surface area contributed by atoms with Gasteiger partial charge in [-0.3, -0.25) is 14.4 Å². The van der Waals surface area contributed by atoms with Gasteiger partial charge in [0.25, 0.3) is 5.91 Å². The number of anilines is 1. The molecule has 154 valence electrons. The molecule has 1 aromatic carbocycles. The second-order valence-corrected chi connectivity index (χ2v) is 7.58. The summed E-state index contributed by atoms with van der Waals surface area (Å²) in [4.78, 5) is 37.0. The molecule has 28 heavy (non-hydrogen) atoms. The highest BCUT2D eigenvalue weighted by molar-refractivity contribution is 6.40. The van der Waals surface area contributed by atoms with Crippen LogP contribution in [-0.2, 0) is 9.59 Å². The molecule has 1 atom stereocenters. The van der Waals surface area contributed by atoms with Crippen LogP contribution in [0.3, 0.4) is 0 Å². The van der Waals surface area contributed by atoms with E-state index in [1.54, 1.807) is 24.3 Å². The summed E-state index contributed by atoms with van der Waals surface area (Å²) in [5.41, 5.74) is 0.737. The molecule has 1 saturated carbocycles. The number of benzene rings is 1. The summed E-state index contributed by atoms with van der Waals surface area (Å²) in [6.07, 6.45) is 8.46. The van der Waals surface area contributed by atoms with Gasteiger partial charge >= 0.3 is 11.8 Å². The van der Waals surface area contributed by atoms with Crippen molar-refractivity contribution in [3.8, 4) is 0 Å². The predicted octanol–water partition coefficient (Wildman–Crippen LogP) is 3.63. The third kappa shape index (κ3) is 6.66. The standard InChI is InChI=1S/C22H33N3O3/c1-3-5-10-16(4-2)15-23-21(27)22(28)25-19-14-9-8-13-18(19)20(26)24-17-11-6-7-12-17/h8-9,13-14,16-17H,3-7,10-12,15H2,1-2H3,(H,23,27)(H,24,26)(H,25,28)/t16-/m0/s1. The van der Waals surface area contributed by atoms with E-state index < -0.39 is 11.8 Å². The maximum Gasteiger partial charge on any atom is 0.313 e. The fraction of sp³-hybridized carbons (Fsp3) is 0.591. The van der Waals surface area contributed by atoms with Crippen LogP contribution < -0.4 is 16.0 Å². The number of hydrogen-bond acceptors (Lipinski definition) is 3. The second kappa shape index (κ2) is 11.5. The van der Waals surface area contributed by atoms with Crippen molar-refractivity contribution < 1.29 is 14.4 Å². The summed E-state index contributed by atoms with van der Waals surface area (Å²) in [6.45, 7) is 4.72. The van der Waals surface area contributed by atoms with E-state index in [0.29, 0.717) is 23.7 Å². The molecule has 1 aromatic rings. The van der Waals surface area contributed by atoms with Gasteiger partial charge in [0.1, 0.15) is 0 Å². The number of amides is 3. The fourth-order valence-corrected chi connectivity index (χ4v) is 3.56. The summed E-state index contributed by atoms with van der Waals surface area (Å²) in [5.74, 6) is -1.25. The molecular weight excluding hydrogens is 354 g/mol. The Morgan fingerprint density at radius 3 is 2.46 bits per heavy atom. The SMILES string of the molecule is CCCC[C@H](CC)CNC(=O)C(=O)Nc1ccccc1C(=O)NC1CCCC1. The van der Waals surface area contributed by atoms with Crippen molar-refractivity contribution in [2.24, 2.45) is 5.92 Å². The first kappa shape index (κ1) is 21.9. The predicted molar refractivity (Wildman–Crippen MR) is 111 cm³/mol. The van der Waals surface area contributed by atoms with Crippen molar-refractivity contribution in [1.82, 2.24) is 10.6 Å². The van der Waals surface area contributed by atoms with E-state index in [9.17, 15) is 14.4 Å². The average molecular weight is 388 g/mol. The van der Waals surface area contributed by atoms with Crippen LogP contribution in [0.5, 0.6) is 0 Å². The van der Waals surface area contributed by atoms with Gasteiger partial charge in [-0.15, -0.1) is 0 Å². The highest BCUT2D eigenvalue weighted by atomic mass is 16.2. The van der Waals surface area contributed by atoms with Crippen LogP contribution in [-0.4, -0.2) is 30.3 Å². The van der Waals surface area contributed by atoms with Gasteiger partial charge in [-0.05, 0) is 37.3 Å². The van der Waals surface area contributed by atoms with E-state index in [0.717, 1.165) is 51.4 Å². The number of rotatable bonds is 9. The Kier molecular flexibility index (Phi) is 8.98. The van der Waals surface area contributed by atoms with Crippen LogP contribution in [0.15, 0.2) is 24.3 Å². The number of unbranched alkanes of at least 4 members (excludes halogenated alkanes) is 1. The molecule has 1 aliphatic carbocycles. The lowest BCUT2D eigenvalue weighted by Gasteiger charge is -2.16. The van der Waals surface area contributed by atoms with E-state index in [4.69, 9.17) is 0 Å². The zero-order valence-electron chi connectivity index (χ0n) is 17.1. The summed E-state index contributed by atoms with van der Waals surface area (Å²) < 4.78 is 0. The molecule has 0 aliphatic heterocycles. The van der Waals surface area contributed by atoms with Crippen LogP contribution in [0, 0.1) is 5.92 Å². The van der Waals surface area contributed by atoms with Gasteiger partial charge in [-0.2, -0.15) is 0 Å². The number of para-hydroxylation sites is 1. The molecule has 0 radical (unpaired) electrons. The Balaban J connectivity index is 1.92. The fourth-order valence-electron chi connectivity index (χ4n) is 3.56. The molecule has 0 bridgehead atoms. The van der Waals surface area contributed by atoms with Crippen LogP contribution in [0.4, 0.5) is 5.69 Å². The molecule has 0 unspecified atom stereocenters. The minimum atomic E-state index is -0.744. The minimum Gasteiger partial charge on any atom is -0.349 e. The first-order chi connectivity index (χ1) is 13.5. The maximum atomic E-state index is 12.6. The van der Waals surface area contributed by atoms with E-state index in [1.165, 1.54) is 0 Å². The highest BCUT2D eigenvalue weighted by Gasteiger charge is 2.21. The topological polar surface area (TPSA) is 87.3 Å². The highest BCUT2D eigenvalue weighted by Crippen LogP contribution is 2.20. The first-order valence-electron chi connectivity index (χ1n) is 10.5. The third-order valence-electron chi connectivity index (χ3n) is 5.41. The van der Waals surface area contributed by atoms with Gasteiger partial charge in [0.2, 0.25) is 0 Å². The van der Waals surface area contributed by atoms with Crippen molar-refractivity contribution in [3.05, 3.63) is 29.8 Å². The summed E-state index contributed by atoms with van der Waals surface area (Å²) in [5, 5.41) is 8.32. The molecule has 0 spiro atoms. The third-order valence-corrected chi connectivity index (χ3v) is 5.41. The number of carbonyl (C=O) groups excluding carboxylic acids is 3. The second-order valence-electron chi connectivity index (χ2n) is 7.58. The largest absolute Gasteiger partial charge is 0.349 e. The van der Waals surface area contributed by atoms with Gasteiger partial charge < -0.3 is 16.0 Å². The van der Waals surface area contributed by atoms with Crippen molar-refractivity contribution in [2.75, 3.05) is 11.9 Å². The van der Waals surface area contributed by atoms with Gasteiger partial charge in [-0.1, -0.05) is 58.1 Å². The van der Waals surface area contributed by atoms with E-state index in [1.807, 2.05) is 0 Å². The molecule has 3 N–H and O–H groups in total. The molecule has 0 saturated heterocycles. The Hall–Kier alpha value is -2.37. The summed E-state index contributed by atoms with van der Waals surface area (Å²) in [7, 11) is 0. The van der Waals surface area contributed by atoms with Gasteiger partial charge in [0.05, 0.1) is 11.3 Å². The Morgan fingerprint density at radius 1 is 1.07 bits per heavy atom. The van der Waals surface area contributed by atoms with Gasteiger partial charge in [0, 0.05) is 12.6 Å². The smallest absolute Gasteiger partial charge is 0.313 e. The van der Waals surface area contributed by atoms with Crippen LogP contribution >= 0.6 is 0 Å². The number of hydrogen-bond donors (Lipinski definition) is 3. The maximum absolute atomic E-state index is 12.6. The number of carbonyl (C=O) groups is 3. The van der Waals surface area contributed by atoms with Crippen molar-refractivity contribution in [1.29, 1.82) is 0 Å². The summed E-state index contributed by atoms with van der Waals surface area (Å²) in [6, 6.07) is 6.98. The Bertz CT molecular complexity index is 669. The molecule has 3 amide bonds. The minimum absolute atomic E-state index is 0.189. The van der Waals surface area contributed by atoms with Crippen LogP contribution in [0.1, 0.15) is 75.6 Å². The van der Waals surface area contributed by atoms with Crippen molar-refractivity contribution in [2.45, 2.75) is 71.3 Å². The molecule has 6 heteroatoms. The molecule has 1 fully saturated rings. The molecule has 2 rings (SSSR count). The Labute approximate surface area is 167 Å². The van der Waals surface area contributed by atoms with Gasteiger partial charge in [0.15, 0.2) is 0 Å². The quantitative estimate of drug-likeness (QED) is 0.566. The number of nitrogens with one attached hydrogen (secondary N) is 3. The summed E-state index contributed by atoms with van der Waals surface area (Å²) >= 11 is 0. The zero-order valence-corrected chi connectivity index (χ0v) is 17.1. The van der Waals surface area contributed by atoms with Crippen LogP contribution in [0.25, 0.3) is 0 Å². The molecule has 1 aliphatic rings. The van der Waals surface area contributed by atoms with Crippen LogP contribution in [0.2, 0.25) is 0 Å². The van der Waals surface area contributed by atoms with E-state index in [2.05, 4.69) is 29.8 Å². The first-order valence-corrected chi connectivity index (χ1v) is 10.5. The molecule has 0 heterocycles. The zero-order chi connectivity index (χ0) is 20.4. The van der Waals surface area contributed by atoms with Crippen molar-refractivity contribution >= 4 is 23.4 Å².